The van der Waals surface area contributed by atoms with E-state index in [1.54, 1.807) is 40.6 Å². The molecule has 0 aromatic heterocycles. The summed E-state index contributed by atoms with van der Waals surface area (Å²) in [6.07, 6.45) is 2.21. The molecular weight excluding hydrogens is 308 g/mol. The fourth-order valence-electron chi connectivity index (χ4n) is 2.68. The number of benzene rings is 2. The second kappa shape index (κ2) is 8.24. The third-order valence-corrected chi connectivity index (χ3v) is 3.92. The van der Waals surface area contributed by atoms with Crippen LogP contribution in [0.3, 0.4) is 0 Å². The second-order valence-corrected chi connectivity index (χ2v) is 5.18. The van der Waals surface area contributed by atoms with Crippen molar-refractivity contribution in [3.8, 4) is 23.0 Å². The third kappa shape index (κ3) is 3.62. The van der Waals surface area contributed by atoms with Crippen molar-refractivity contribution in [2.75, 3.05) is 28.4 Å². The van der Waals surface area contributed by atoms with Gasteiger partial charge in [0, 0.05) is 11.1 Å². The molecule has 0 spiro atoms. The van der Waals surface area contributed by atoms with Crippen LogP contribution in [0.2, 0.25) is 0 Å². The van der Waals surface area contributed by atoms with Gasteiger partial charge in [-0.25, -0.2) is 0 Å². The molecule has 0 radical (unpaired) electrons. The van der Waals surface area contributed by atoms with E-state index in [2.05, 4.69) is 0 Å². The molecule has 0 amide bonds. The molecule has 2 aromatic rings. The van der Waals surface area contributed by atoms with Gasteiger partial charge in [0.25, 0.3) is 0 Å². The maximum absolute atomic E-state index is 11.4. The highest BCUT2D eigenvalue weighted by atomic mass is 16.5. The number of aryl methyl sites for hydroxylation is 1. The van der Waals surface area contributed by atoms with E-state index in [0.29, 0.717) is 35.0 Å². The Kier molecular flexibility index (Phi) is 6.07. The van der Waals surface area contributed by atoms with Crippen LogP contribution in [-0.2, 0) is 12.8 Å². The quantitative estimate of drug-likeness (QED) is 0.695. The van der Waals surface area contributed by atoms with E-state index in [0.717, 1.165) is 23.8 Å². The number of aldehydes is 1. The lowest BCUT2D eigenvalue weighted by atomic mass is 9.98. The van der Waals surface area contributed by atoms with Gasteiger partial charge in [0.1, 0.15) is 6.29 Å². The minimum absolute atomic E-state index is 0.600. The summed E-state index contributed by atoms with van der Waals surface area (Å²) >= 11 is 0. The van der Waals surface area contributed by atoms with Crippen LogP contribution < -0.4 is 18.9 Å². The Morgan fingerprint density at radius 3 is 2.04 bits per heavy atom. The lowest BCUT2D eigenvalue weighted by Crippen LogP contribution is -2.03. The predicted octanol–water partition coefficient (Wildman–Crippen LogP) is 3.32. The summed E-state index contributed by atoms with van der Waals surface area (Å²) in [5.41, 5.74) is 2.52. The van der Waals surface area contributed by atoms with Gasteiger partial charge < -0.3 is 18.9 Å². The van der Waals surface area contributed by atoms with Gasteiger partial charge in [0.15, 0.2) is 23.0 Å². The number of hydrogen-bond acceptors (Lipinski definition) is 5. The van der Waals surface area contributed by atoms with E-state index in [9.17, 15) is 4.79 Å². The molecule has 5 heteroatoms. The number of carbonyl (C=O) groups excluding carboxylic acids is 1. The number of methoxy groups -OCH3 is 4. The van der Waals surface area contributed by atoms with Crippen LogP contribution in [0.5, 0.6) is 23.0 Å². The molecule has 2 rings (SSSR count). The van der Waals surface area contributed by atoms with Gasteiger partial charge in [-0.15, -0.1) is 0 Å². The summed E-state index contributed by atoms with van der Waals surface area (Å²) in [5.74, 6) is 2.59. The van der Waals surface area contributed by atoms with Gasteiger partial charge in [0.2, 0.25) is 0 Å². The van der Waals surface area contributed by atoms with Crippen molar-refractivity contribution in [1.82, 2.24) is 0 Å². The molecule has 0 saturated carbocycles. The highest BCUT2D eigenvalue weighted by Gasteiger charge is 2.15. The van der Waals surface area contributed by atoms with Crippen molar-refractivity contribution in [2.24, 2.45) is 0 Å². The zero-order valence-corrected chi connectivity index (χ0v) is 14.4. The van der Waals surface area contributed by atoms with E-state index in [-0.39, 0.29) is 0 Å². The molecule has 0 aliphatic heterocycles. The van der Waals surface area contributed by atoms with E-state index in [1.807, 2.05) is 18.2 Å². The van der Waals surface area contributed by atoms with Crippen LogP contribution in [0.25, 0.3) is 0 Å². The highest BCUT2D eigenvalue weighted by molar-refractivity contribution is 5.80. The first-order valence-electron chi connectivity index (χ1n) is 7.58. The second-order valence-electron chi connectivity index (χ2n) is 5.18. The van der Waals surface area contributed by atoms with E-state index in [1.165, 1.54) is 0 Å². The Hall–Kier alpha value is -2.69. The largest absolute Gasteiger partial charge is 0.493 e. The summed E-state index contributed by atoms with van der Waals surface area (Å²) in [7, 11) is 6.37. The van der Waals surface area contributed by atoms with Crippen LogP contribution in [0.1, 0.15) is 21.5 Å². The standard InChI is InChI=1S/C19H22O5/c1-21-16-9-6-13(11-18(16)23-3)5-8-15-14(12-20)7-10-17(22-2)19(15)24-4/h6-7,9-12H,5,8H2,1-4H3. The summed E-state index contributed by atoms with van der Waals surface area (Å²) in [4.78, 5) is 11.4. The van der Waals surface area contributed by atoms with Gasteiger partial charge in [-0.1, -0.05) is 6.07 Å². The van der Waals surface area contributed by atoms with Crippen LogP contribution in [-0.4, -0.2) is 34.7 Å². The molecule has 128 valence electrons. The Labute approximate surface area is 142 Å². The van der Waals surface area contributed by atoms with E-state index >= 15 is 0 Å². The molecule has 0 saturated heterocycles. The van der Waals surface area contributed by atoms with Crippen molar-refractivity contribution in [3.63, 3.8) is 0 Å². The number of carbonyl (C=O) groups is 1. The molecule has 24 heavy (non-hydrogen) atoms. The molecule has 0 unspecified atom stereocenters. The Balaban J connectivity index is 2.30. The minimum atomic E-state index is 0.600. The monoisotopic (exact) mass is 330 g/mol. The zero-order chi connectivity index (χ0) is 17.5. The highest BCUT2D eigenvalue weighted by Crippen LogP contribution is 2.34. The fourth-order valence-corrected chi connectivity index (χ4v) is 2.68. The van der Waals surface area contributed by atoms with Crippen molar-refractivity contribution in [3.05, 3.63) is 47.0 Å². The summed E-state index contributed by atoms with van der Waals surface area (Å²) in [6.45, 7) is 0. The first-order chi connectivity index (χ1) is 11.7. The van der Waals surface area contributed by atoms with Gasteiger partial charge in [-0.2, -0.15) is 0 Å². The summed E-state index contributed by atoms with van der Waals surface area (Å²) < 4.78 is 21.3. The molecule has 0 aliphatic carbocycles. The third-order valence-electron chi connectivity index (χ3n) is 3.92. The molecule has 2 aromatic carbocycles. The summed E-state index contributed by atoms with van der Waals surface area (Å²) in [5, 5.41) is 0. The maximum atomic E-state index is 11.4. The average Bonchev–Trinajstić information content (AvgIpc) is 2.64. The van der Waals surface area contributed by atoms with Crippen LogP contribution in [0.4, 0.5) is 0 Å². The number of hydrogen-bond donors (Lipinski definition) is 0. The molecule has 0 atom stereocenters. The predicted molar refractivity (Wildman–Crippen MR) is 91.9 cm³/mol. The lowest BCUT2D eigenvalue weighted by Gasteiger charge is -2.15. The molecule has 5 nitrogen and oxygen atoms in total. The maximum Gasteiger partial charge on any atom is 0.164 e. The first kappa shape index (κ1) is 17.7. The normalized spacial score (nSPS) is 10.2. The lowest BCUT2D eigenvalue weighted by molar-refractivity contribution is 0.112. The Morgan fingerprint density at radius 2 is 1.46 bits per heavy atom. The zero-order valence-electron chi connectivity index (χ0n) is 14.4. The van der Waals surface area contributed by atoms with Gasteiger partial charge in [-0.3, -0.25) is 4.79 Å². The van der Waals surface area contributed by atoms with Gasteiger partial charge in [-0.05, 0) is 42.7 Å². The smallest absolute Gasteiger partial charge is 0.164 e. The number of ether oxygens (including phenoxy) is 4. The molecular formula is C19H22O5. The van der Waals surface area contributed by atoms with Crippen molar-refractivity contribution < 1.29 is 23.7 Å². The van der Waals surface area contributed by atoms with Gasteiger partial charge >= 0.3 is 0 Å². The average molecular weight is 330 g/mol. The van der Waals surface area contributed by atoms with Crippen LogP contribution in [0.15, 0.2) is 30.3 Å². The first-order valence-corrected chi connectivity index (χ1v) is 7.58. The minimum Gasteiger partial charge on any atom is -0.493 e. The van der Waals surface area contributed by atoms with Crippen LogP contribution in [0, 0.1) is 0 Å². The SMILES string of the molecule is COc1ccc(CCc2c(C=O)ccc(OC)c2OC)cc1OC. The van der Waals surface area contributed by atoms with Crippen molar-refractivity contribution in [1.29, 1.82) is 0 Å². The molecule has 0 aliphatic rings. The Bertz CT molecular complexity index is 709. The van der Waals surface area contributed by atoms with Gasteiger partial charge in [0.05, 0.1) is 28.4 Å². The topological polar surface area (TPSA) is 54.0 Å². The van der Waals surface area contributed by atoms with E-state index in [4.69, 9.17) is 18.9 Å². The van der Waals surface area contributed by atoms with Crippen molar-refractivity contribution in [2.45, 2.75) is 12.8 Å². The van der Waals surface area contributed by atoms with E-state index < -0.39 is 0 Å². The molecule has 0 N–H and O–H groups in total. The number of rotatable bonds is 8. The molecule has 0 fully saturated rings. The Morgan fingerprint density at radius 1 is 0.792 bits per heavy atom. The molecule has 0 bridgehead atoms. The van der Waals surface area contributed by atoms with Crippen molar-refractivity contribution >= 4 is 6.29 Å². The summed E-state index contributed by atoms with van der Waals surface area (Å²) in [6, 6.07) is 9.28. The molecule has 0 heterocycles. The fraction of sp³-hybridized carbons (Fsp3) is 0.316. The van der Waals surface area contributed by atoms with Crippen LogP contribution >= 0.6 is 0 Å².